The Morgan fingerprint density at radius 1 is 1.24 bits per heavy atom. The first-order valence-electron chi connectivity index (χ1n) is 11.3. The van der Waals surface area contributed by atoms with E-state index >= 15 is 0 Å². The summed E-state index contributed by atoms with van der Waals surface area (Å²) in [4.78, 5) is 27.3. The Morgan fingerprint density at radius 3 is 2.64 bits per heavy atom. The van der Waals surface area contributed by atoms with Crippen molar-refractivity contribution in [1.29, 1.82) is 0 Å². The third kappa shape index (κ3) is 4.34. The van der Waals surface area contributed by atoms with Gasteiger partial charge >= 0.3 is 5.97 Å². The van der Waals surface area contributed by atoms with Crippen LogP contribution in [0.1, 0.15) is 70.5 Å². The highest BCUT2D eigenvalue weighted by molar-refractivity contribution is 7.17. The number of anilines is 1. The van der Waals surface area contributed by atoms with Gasteiger partial charge in [0.1, 0.15) is 22.0 Å². The molecule has 6 nitrogen and oxygen atoms in total. The molecular weight excluding hydrogens is 436 g/mol. The number of carbonyl (C=O) groups excluding carboxylic acids is 2. The molecule has 0 aliphatic heterocycles. The SMILES string of the molecule is CCC(C)(C)C1CCc2c(sc(NC(=O)c3c(-c4ccccc4)noc3C)c2C(=O)OC)C1. The third-order valence-electron chi connectivity index (χ3n) is 7.04. The van der Waals surface area contributed by atoms with Crippen LogP contribution in [-0.4, -0.2) is 24.1 Å². The first-order valence-corrected chi connectivity index (χ1v) is 12.1. The molecule has 2 heterocycles. The van der Waals surface area contributed by atoms with Gasteiger partial charge in [-0.3, -0.25) is 4.79 Å². The second-order valence-electron chi connectivity index (χ2n) is 9.26. The monoisotopic (exact) mass is 466 g/mol. The summed E-state index contributed by atoms with van der Waals surface area (Å²) in [6.45, 7) is 8.55. The Morgan fingerprint density at radius 2 is 1.97 bits per heavy atom. The first kappa shape index (κ1) is 23.2. The summed E-state index contributed by atoms with van der Waals surface area (Å²) in [5, 5.41) is 7.63. The fourth-order valence-electron chi connectivity index (χ4n) is 4.55. The normalized spacial score (nSPS) is 15.7. The number of rotatable bonds is 6. The van der Waals surface area contributed by atoms with Crippen LogP contribution in [0.25, 0.3) is 11.3 Å². The predicted molar refractivity (Wildman–Crippen MR) is 130 cm³/mol. The number of hydrogen-bond acceptors (Lipinski definition) is 6. The molecule has 174 valence electrons. The van der Waals surface area contributed by atoms with E-state index in [0.717, 1.165) is 41.7 Å². The fraction of sp³-hybridized carbons (Fsp3) is 0.423. The van der Waals surface area contributed by atoms with Crippen molar-refractivity contribution in [2.45, 2.75) is 53.4 Å². The minimum absolute atomic E-state index is 0.223. The molecule has 0 bridgehead atoms. The topological polar surface area (TPSA) is 81.4 Å². The quantitative estimate of drug-likeness (QED) is 0.432. The number of aryl methyl sites for hydroxylation is 1. The maximum atomic E-state index is 13.4. The minimum atomic E-state index is -0.415. The molecule has 0 radical (unpaired) electrons. The number of hydrogen-bond donors (Lipinski definition) is 1. The number of nitrogens with zero attached hydrogens (tertiary/aromatic N) is 1. The van der Waals surface area contributed by atoms with E-state index in [1.807, 2.05) is 30.3 Å². The second kappa shape index (κ2) is 9.14. The third-order valence-corrected chi connectivity index (χ3v) is 8.21. The van der Waals surface area contributed by atoms with Crippen LogP contribution in [-0.2, 0) is 17.6 Å². The van der Waals surface area contributed by atoms with Gasteiger partial charge in [-0.2, -0.15) is 0 Å². The van der Waals surface area contributed by atoms with E-state index in [1.165, 1.54) is 18.4 Å². The molecule has 0 saturated heterocycles. The summed E-state index contributed by atoms with van der Waals surface area (Å²) in [6, 6.07) is 9.44. The van der Waals surface area contributed by atoms with Crippen LogP contribution in [0.4, 0.5) is 5.00 Å². The van der Waals surface area contributed by atoms with Crippen molar-refractivity contribution < 1.29 is 18.8 Å². The Hall–Kier alpha value is -2.93. The molecule has 1 aromatic carbocycles. The molecule has 1 N–H and O–H groups in total. The molecule has 1 amide bonds. The van der Waals surface area contributed by atoms with Crippen LogP contribution < -0.4 is 5.32 Å². The highest BCUT2D eigenvalue weighted by Crippen LogP contribution is 2.46. The van der Waals surface area contributed by atoms with Crippen LogP contribution >= 0.6 is 11.3 Å². The lowest BCUT2D eigenvalue weighted by Gasteiger charge is -2.36. The average molecular weight is 467 g/mol. The average Bonchev–Trinajstić information content (AvgIpc) is 3.38. The zero-order valence-electron chi connectivity index (χ0n) is 19.8. The number of esters is 1. The number of fused-ring (bicyclic) bond motifs is 1. The number of benzene rings is 1. The van der Waals surface area contributed by atoms with E-state index in [4.69, 9.17) is 9.26 Å². The van der Waals surface area contributed by atoms with E-state index in [1.54, 1.807) is 6.92 Å². The standard InChI is InChI=1S/C26H30N2O4S/c1-6-26(3,4)17-12-13-18-19(14-17)33-24(21(18)25(30)31-5)27-23(29)20-15(2)32-28-22(20)16-10-8-7-9-11-16/h7-11,17H,6,12-14H2,1-5H3,(H,27,29). The Kier molecular flexibility index (Phi) is 6.43. The summed E-state index contributed by atoms with van der Waals surface area (Å²) < 4.78 is 10.4. The van der Waals surface area contributed by atoms with Gasteiger partial charge < -0.3 is 14.6 Å². The molecule has 1 aliphatic rings. The number of carbonyl (C=O) groups is 2. The number of ether oxygens (including phenoxy) is 1. The van der Waals surface area contributed by atoms with Crippen molar-refractivity contribution in [3.63, 3.8) is 0 Å². The van der Waals surface area contributed by atoms with Crippen LogP contribution in [0.15, 0.2) is 34.9 Å². The lowest BCUT2D eigenvalue weighted by atomic mass is 9.69. The zero-order valence-corrected chi connectivity index (χ0v) is 20.6. The molecule has 3 aromatic rings. The predicted octanol–water partition coefficient (Wildman–Crippen LogP) is 6.29. The zero-order chi connectivity index (χ0) is 23.8. The summed E-state index contributed by atoms with van der Waals surface area (Å²) >= 11 is 1.49. The van der Waals surface area contributed by atoms with Gasteiger partial charge in [0.05, 0.1) is 12.7 Å². The Labute approximate surface area is 198 Å². The van der Waals surface area contributed by atoms with Gasteiger partial charge in [0.25, 0.3) is 5.91 Å². The number of thiophene rings is 1. The lowest BCUT2D eigenvalue weighted by molar-refractivity contribution is 0.0600. The van der Waals surface area contributed by atoms with E-state index in [2.05, 4.69) is 31.2 Å². The van der Waals surface area contributed by atoms with Gasteiger partial charge in [-0.05, 0) is 43.1 Å². The van der Waals surface area contributed by atoms with Crippen molar-refractivity contribution in [3.05, 3.63) is 57.7 Å². The van der Waals surface area contributed by atoms with Crippen LogP contribution in [0.3, 0.4) is 0 Å². The van der Waals surface area contributed by atoms with E-state index in [-0.39, 0.29) is 11.3 Å². The number of nitrogens with one attached hydrogen (secondary N) is 1. The number of amides is 1. The van der Waals surface area contributed by atoms with E-state index < -0.39 is 5.97 Å². The van der Waals surface area contributed by atoms with Crippen molar-refractivity contribution in [2.75, 3.05) is 12.4 Å². The second-order valence-corrected chi connectivity index (χ2v) is 10.4. The van der Waals surface area contributed by atoms with Gasteiger partial charge in [-0.1, -0.05) is 62.7 Å². The number of methoxy groups -OCH3 is 1. The molecule has 1 aliphatic carbocycles. The molecule has 0 spiro atoms. The van der Waals surface area contributed by atoms with Crippen molar-refractivity contribution in [2.24, 2.45) is 11.3 Å². The van der Waals surface area contributed by atoms with Gasteiger partial charge in [0.2, 0.25) is 0 Å². The Balaban J connectivity index is 1.69. The molecule has 2 aromatic heterocycles. The van der Waals surface area contributed by atoms with Gasteiger partial charge in [-0.25, -0.2) is 4.79 Å². The summed E-state index contributed by atoms with van der Waals surface area (Å²) in [6.07, 6.45) is 3.83. The molecule has 4 rings (SSSR count). The van der Waals surface area contributed by atoms with Crippen LogP contribution in [0.2, 0.25) is 0 Å². The highest BCUT2D eigenvalue weighted by Gasteiger charge is 2.36. The first-order chi connectivity index (χ1) is 15.8. The minimum Gasteiger partial charge on any atom is -0.465 e. The molecule has 1 atom stereocenters. The molecule has 33 heavy (non-hydrogen) atoms. The summed E-state index contributed by atoms with van der Waals surface area (Å²) in [5.41, 5.74) is 3.36. The molecule has 1 unspecified atom stereocenters. The number of aromatic nitrogens is 1. The molecule has 0 fully saturated rings. The molecular formula is C26H30N2O4S. The lowest BCUT2D eigenvalue weighted by Crippen LogP contribution is -2.28. The van der Waals surface area contributed by atoms with E-state index in [9.17, 15) is 9.59 Å². The fourth-order valence-corrected chi connectivity index (χ4v) is 5.86. The van der Waals surface area contributed by atoms with Gasteiger partial charge in [0, 0.05) is 10.4 Å². The van der Waals surface area contributed by atoms with Gasteiger partial charge in [0.15, 0.2) is 0 Å². The van der Waals surface area contributed by atoms with Crippen LogP contribution in [0.5, 0.6) is 0 Å². The van der Waals surface area contributed by atoms with Crippen LogP contribution in [0, 0.1) is 18.3 Å². The smallest absolute Gasteiger partial charge is 0.341 e. The summed E-state index contributed by atoms with van der Waals surface area (Å²) in [7, 11) is 1.38. The van der Waals surface area contributed by atoms with Crippen molar-refractivity contribution in [1.82, 2.24) is 5.16 Å². The van der Waals surface area contributed by atoms with E-state index in [0.29, 0.717) is 33.5 Å². The van der Waals surface area contributed by atoms with Gasteiger partial charge in [-0.15, -0.1) is 11.3 Å². The maximum Gasteiger partial charge on any atom is 0.341 e. The Bertz CT molecular complexity index is 1180. The van der Waals surface area contributed by atoms with Crippen molar-refractivity contribution in [3.8, 4) is 11.3 Å². The highest BCUT2D eigenvalue weighted by atomic mass is 32.1. The summed E-state index contributed by atoms with van der Waals surface area (Å²) in [5.74, 6) is 0.202. The maximum absolute atomic E-state index is 13.4. The molecule has 7 heteroatoms. The molecule has 0 saturated carbocycles. The van der Waals surface area contributed by atoms with Crippen molar-refractivity contribution >= 4 is 28.2 Å². The largest absolute Gasteiger partial charge is 0.465 e.